The van der Waals surface area contributed by atoms with Crippen molar-refractivity contribution >= 4 is 17.3 Å². The van der Waals surface area contributed by atoms with Gasteiger partial charge in [0.05, 0.1) is 0 Å². The van der Waals surface area contributed by atoms with Crippen LogP contribution in [0, 0.1) is 0 Å². The van der Waals surface area contributed by atoms with Gasteiger partial charge in [0.2, 0.25) is 0 Å². The zero-order chi connectivity index (χ0) is 15.7. The van der Waals surface area contributed by atoms with Crippen LogP contribution in [0.15, 0.2) is 22.5 Å². The van der Waals surface area contributed by atoms with E-state index in [1.54, 1.807) is 11.3 Å². The summed E-state index contributed by atoms with van der Waals surface area (Å²) < 4.78 is 0. The molecule has 0 bridgehead atoms. The van der Waals surface area contributed by atoms with Crippen LogP contribution >= 0.6 is 11.3 Å². The summed E-state index contributed by atoms with van der Waals surface area (Å²) in [7, 11) is 0. The van der Waals surface area contributed by atoms with Crippen molar-refractivity contribution in [2.45, 2.75) is 52.6 Å². The van der Waals surface area contributed by atoms with Crippen LogP contribution in [-0.2, 0) is 6.42 Å². The van der Waals surface area contributed by atoms with Crippen LogP contribution in [0.5, 0.6) is 0 Å². The number of thiophene rings is 1. The molecule has 1 aromatic heterocycles. The molecule has 0 amide bonds. The van der Waals surface area contributed by atoms with Gasteiger partial charge in [-0.25, -0.2) is 0 Å². The number of aliphatic imine (C=N–C) groups is 1. The van der Waals surface area contributed by atoms with Gasteiger partial charge in [-0.3, -0.25) is 9.89 Å². The average molecular weight is 311 g/mol. The van der Waals surface area contributed by atoms with Crippen LogP contribution in [-0.4, -0.2) is 42.6 Å². The van der Waals surface area contributed by atoms with Crippen LogP contribution in [0.1, 0.15) is 39.0 Å². The van der Waals surface area contributed by atoms with E-state index in [2.05, 4.69) is 60.4 Å². The molecule has 0 aromatic carbocycles. The SMILES string of the molecule is CC(C)N(CCCN=C(N)NCCc1cccs1)C(C)C. The summed E-state index contributed by atoms with van der Waals surface area (Å²) in [5.41, 5.74) is 5.88. The largest absolute Gasteiger partial charge is 0.370 e. The maximum atomic E-state index is 5.88. The molecule has 0 aliphatic heterocycles. The molecule has 21 heavy (non-hydrogen) atoms. The summed E-state index contributed by atoms with van der Waals surface area (Å²) in [6, 6.07) is 5.38. The molecule has 0 aliphatic rings. The Kier molecular flexibility index (Phi) is 8.38. The Morgan fingerprint density at radius 2 is 2.05 bits per heavy atom. The van der Waals surface area contributed by atoms with E-state index in [1.807, 2.05) is 0 Å². The van der Waals surface area contributed by atoms with E-state index in [4.69, 9.17) is 5.73 Å². The first-order chi connectivity index (χ1) is 10.0. The fraction of sp³-hybridized carbons (Fsp3) is 0.688. The molecule has 0 saturated carbocycles. The first-order valence-corrected chi connectivity index (χ1v) is 8.70. The monoisotopic (exact) mass is 310 g/mol. The molecule has 4 nitrogen and oxygen atoms in total. The Bertz CT molecular complexity index is 390. The van der Waals surface area contributed by atoms with Gasteiger partial charge in [-0.05, 0) is 52.0 Å². The van der Waals surface area contributed by atoms with E-state index in [0.29, 0.717) is 18.0 Å². The first kappa shape index (κ1) is 18.0. The van der Waals surface area contributed by atoms with Gasteiger partial charge in [-0.15, -0.1) is 11.3 Å². The van der Waals surface area contributed by atoms with Crippen LogP contribution in [0.2, 0.25) is 0 Å². The summed E-state index contributed by atoms with van der Waals surface area (Å²) >= 11 is 1.78. The van der Waals surface area contributed by atoms with Gasteiger partial charge in [-0.1, -0.05) is 6.07 Å². The van der Waals surface area contributed by atoms with Gasteiger partial charge in [-0.2, -0.15) is 0 Å². The van der Waals surface area contributed by atoms with Crippen molar-refractivity contribution in [3.8, 4) is 0 Å². The average Bonchev–Trinajstić information content (AvgIpc) is 2.90. The van der Waals surface area contributed by atoms with Gasteiger partial charge < -0.3 is 11.1 Å². The molecule has 3 N–H and O–H groups in total. The zero-order valence-electron chi connectivity index (χ0n) is 13.8. The molecule has 1 aromatic rings. The number of guanidine groups is 1. The quantitative estimate of drug-likeness (QED) is 0.419. The van der Waals surface area contributed by atoms with Gasteiger partial charge in [0.1, 0.15) is 0 Å². The zero-order valence-corrected chi connectivity index (χ0v) is 14.6. The molecule has 120 valence electrons. The molecule has 0 unspecified atom stereocenters. The predicted molar refractivity (Wildman–Crippen MR) is 94.1 cm³/mol. The molecule has 1 heterocycles. The normalized spacial score (nSPS) is 12.6. The van der Waals surface area contributed by atoms with Crippen LogP contribution in [0.25, 0.3) is 0 Å². The molecule has 1 rings (SSSR count). The van der Waals surface area contributed by atoms with Crippen molar-refractivity contribution in [2.75, 3.05) is 19.6 Å². The number of nitrogens with two attached hydrogens (primary N) is 1. The highest BCUT2D eigenvalue weighted by atomic mass is 32.1. The van der Waals surface area contributed by atoms with Gasteiger partial charge in [0, 0.05) is 36.6 Å². The van der Waals surface area contributed by atoms with Crippen molar-refractivity contribution in [3.05, 3.63) is 22.4 Å². The third kappa shape index (κ3) is 7.48. The first-order valence-electron chi connectivity index (χ1n) is 7.82. The van der Waals surface area contributed by atoms with E-state index < -0.39 is 0 Å². The molecule has 0 saturated heterocycles. The summed E-state index contributed by atoms with van der Waals surface area (Å²) in [5.74, 6) is 0.562. The lowest BCUT2D eigenvalue weighted by Crippen LogP contribution is -2.38. The fourth-order valence-corrected chi connectivity index (χ4v) is 3.10. The molecule has 0 radical (unpaired) electrons. The lowest BCUT2D eigenvalue weighted by atomic mass is 10.2. The van der Waals surface area contributed by atoms with Crippen molar-refractivity contribution in [3.63, 3.8) is 0 Å². The topological polar surface area (TPSA) is 53.6 Å². The Morgan fingerprint density at radius 1 is 1.33 bits per heavy atom. The Hall–Kier alpha value is -1.07. The maximum absolute atomic E-state index is 5.88. The third-order valence-electron chi connectivity index (χ3n) is 3.44. The molecule has 0 aliphatic carbocycles. The summed E-state index contributed by atoms with van der Waals surface area (Å²) in [5, 5.41) is 5.27. The Labute approximate surface area is 133 Å². The molecule has 0 atom stereocenters. The van der Waals surface area contributed by atoms with E-state index >= 15 is 0 Å². The number of hydrogen-bond donors (Lipinski definition) is 2. The molecule has 0 fully saturated rings. The summed E-state index contributed by atoms with van der Waals surface area (Å²) in [6.07, 6.45) is 2.05. The minimum Gasteiger partial charge on any atom is -0.370 e. The van der Waals surface area contributed by atoms with Crippen LogP contribution in [0.4, 0.5) is 0 Å². The Morgan fingerprint density at radius 3 is 2.62 bits per heavy atom. The molecule has 0 spiro atoms. The number of nitrogens with zero attached hydrogens (tertiary/aromatic N) is 2. The molecular formula is C16H30N4S. The second-order valence-corrected chi connectivity index (χ2v) is 6.83. The number of hydrogen-bond acceptors (Lipinski definition) is 3. The maximum Gasteiger partial charge on any atom is 0.188 e. The van der Waals surface area contributed by atoms with Crippen molar-refractivity contribution in [1.82, 2.24) is 10.2 Å². The lowest BCUT2D eigenvalue weighted by Gasteiger charge is -2.30. The second kappa shape index (κ2) is 9.79. The summed E-state index contributed by atoms with van der Waals surface area (Å²) in [4.78, 5) is 8.25. The Balaban J connectivity index is 2.17. The highest BCUT2D eigenvalue weighted by molar-refractivity contribution is 7.09. The van der Waals surface area contributed by atoms with Gasteiger partial charge in [0.15, 0.2) is 5.96 Å². The van der Waals surface area contributed by atoms with Crippen molar-refractivity contribution in [1.29, 1.82) is 0 Å². The van der Waals surface area contributed by atoms with Gasteiger partial charge >= 0.3 is 0 Å². The standard InChI is InChI=1S/C16H30N4S/c1-13(2)20(14(3)4)11-6-9-18-16(17)19-10-8-15-7-5-12-21-15/h5,7,12-14H,6,8-11H2,1-4H3,(H3,17,18,19). The smallest absolute Gasteiger partial charge is 0.188 e. The van der Waals surface area contributed by atoms with Crippen molar-refractivity contribution in [2.24, 2.45) is 10.7 Å². The fourth-order valence-electron chi connectivity index (χ4n) is 2.39. The van der Waals surface area contributed by atoms with E-state index in [-0.39, 0.29) is 0 Å². The second-order valence-electron chi connectivity index (χ2n) is 5.80. The minimum absolute atomic E-state index is 0.562. The third-order valence-corrected chi connectivity index (χ3v) is 4.38. The lowest BCUT2D eigenvalue weighted by molar-refractivity contribution is 0.174. The van der Waals surface area contributed by atoms with Crippen LogP contribution < -0.4 is 11.1 Å². The molecular weight excluding hydrogens is 280 g/mol. The van der Waals surface area contributed by atoms with Gasteiger partial charge in [0.25, 0.3) is 0 Å². The van der Waals surface area contributed by atoms with E-state index in [9.17, 15) is 0 Å². The number of rotatable bonds is 9. The minimum atomic E-state index is 0.562. The van der Waals surface area contributed by atoms with E-state index in [1.165, 1.54) is 4.88 Å². The van der Waals surface area contributed by atoms with E-state index in [0.717, 1.165) is 32.5 Å². The van der Waals surface area contributed by atoms with Crippen LogP contribution in [0.3, 0.4) is 0 Å². The number of nitrogens with one attached hydrogen (secondary N) is 1. The summed E-state index contributed by atoms with van der Waals surface area (Å²) in [6.45, 7) is 11.7. The molecule has 5 heteroatoms. The highest BCUT2D eigenvalue weighted by Crippen LogP contribution is 2.08. The predicted octanol–water partition coefficient (Wildman–Crippen LogP) is 2.70. The highest BCUT2D eigenvalue weighted by Gasteiger charge is 2.11. The van der Waals surface area contributed by atoms with Crippen molar-refractivity contribution < 1.29 is 0 Å².